The lowest BCUT2D eigenvalue weighted by atomic mass is 10.0. The van der Waals surface area contributed by atoms with E-state index in [1.165, 1.54) is 0 Å². The van der Waals surface area contributed by atoms with Crippen LogP contribution in [0.3, 0.4) is 0 Å². The molecule has 3 rings (SSSR count). The molecular formula is C20H24N2O3. The van der Waals surface area contributed by atoms with Crippen molar-refractivity contribution in [3.05, 3.63) is 59.8 Å². The zero-order chi connectivity index (χ0) is 17.8. The second-order valence-corrected chi connectivity index (χ2v) is 6.61. The molecule has 1 saturated heterocycles. The lowest BCUT2D eigenvalue weighted by Gasteiger charge is -2.40. The highest BCUT2D eigenvalue weighted by Crippen LogP contribution is 2.29. The molecule has 1 aliphatic rings. The fourth-order valence-electron chi connectivity index (χ4n) is 3.01. The third-order valence-corrected chi connectivity index (χ3v) is 4.52. The van der Waals surface area contributed by atoms with Gasteiger partial charge in [-0.3, -0.25) is 4.79 Å². The molecule has 0 radical (unpaired) electrons. The van der Waals surface area contributed by atoms with Gasteiger partial charge in [-0.25, -0.2) is 4.98 Å². The Morgan fingerprint density at radius 3 is 2.68 bits per heavy atom. The molecule has 0 aliphatic carbocycles. The SMILES string of the molecule is COc1cc(C(=O)N2C[C@@H](c3ccccc3)O[C@@H](C(C)C)C2)ccn1. The van der Waals surface area contributed by atoms with Crippen LogP contribution in [-0.4, -0.2) is 42.1 Å². The van der Waals surface area contributed by atoms with Crippen LogP contribution < -0.4 is 4.74 Å². The van der Waals surface area contributed by atoms with E-state index in [-0.39, 0.29) is 18.1 Å². The molecule has 25 heavy (non-hydrogen) atoms. The molecule has 0 unspecified atom stereocenters. The number of hydrogen-bond donors (Lipinski definition) is 0. The number of hydrogen-bond acceptors (Lipinski definition) is 4. The van der Waals surface area contributed by atoms with E-state index in [0.29, 0.717) is 30.5 Å². The Morgan fingerprint density at radius 1 is 1.24 bits per heavy atom. The van der Waals surface area contributed by atoms with Crippen molar-refractivity contribution in [2.45, 2.75) is 26.1 Å². The molecule has 1 amide bonds. The zero-order valence-electron chi connectivity index (χ0n) is 14.9. The number of aromatic nitrogens is 1. The highest BCUT2D eigenvalue weighted by molar-refractivity contribution is 5.94. The van der Waals surface area contributed by atoms with Crippen LogP contribution >= 0.6 is 0 Å². The Morgan fingerprint density at radius 2 is 2.00 bits per heavy atom. The molecule has 132 valence electrons. The second kappa shape index (κ2) is 7.66. The van der Waals surface area contributed by atoms with E-state index in [9.17, 15) is 4.79 Å². The number of rotatable bonds is 4. The summed E-state index contributed by atoms with van der Waals surface area (Å²) in [5.74, 6) is 0.753. The summed E-state index contributed by atoms with van der Waals surface area (Å²) in [6, 6.07) is 13.5. The van der Waals surface area contributed by atoms with Crippen LogP contribution in [0.1, 0.15) is 35.9 Å². The van der Waals surface area contributed by atoms with Gasteiger partial charge in [0.15, 0.2) is 0 Å². The first-order valence-electron chi connectivity index (χ1n) is 8.58. The molecule has 0 spiro atoms. The third kappa shape index (κ3) is 3.99. The van der Waals surface area contributed by atoms with Crippen molar-refractivity contribution in [1.29, 1.82) is 0 Å². The van der Waals surface area contributed by atoms with Gasteiger partial charge in [-0.15, -0.1) is 0 Å². The lowest BCUT2D eigenvalue weighted by molar-refractivity contribution is -0.0954. The minimum atomic E-state index is -0.116. The van der Waals surface area contributed by atoms with Crippen molar-refractivity contribution in [1.82, 2.24) is 9.88 Å². The highest BCUT2D eigenvalue weighted by atomic mass is 16.5. The number of carbonyl (C=O) groups is 1. The average Bonchev–Trinajstić information content (AvgIpc) is 2.67. The van der Waals surface area contributed by atoms with Crippen molar-refractivity contribution in [2.24, 2.45) is 5.92 Å². The van der Waals surface area contributed by atoms with Crippen LogP contribution in [0.15, 0.2) is 48.7 Å². The maximum absolute atomic E-state index is 13.0. The molecule has 5 heteroatoms. The van der Waals surface area contributed by atoms with E-state index in [1.54, 1.807) is 25.4 Å². The van der Waals surface area contributed by atoms with Gasteiger partial charge in [0.05, 0.1) is 19.8 Å². The number of nitrogens with zero attached hydrogens (tertiary/aromatic N) is 2. The zero-order valence-corrected chi connectivity index (χ0v) is 14.9. The van der Waals surface area contributed by atoms with Crippen molar-refractivity contribution in [2.75, 3.05) is 20.2 Å². The first-order chi connectivity index (χ1) is 12.1. The van der Waals surface area contributed by atoms with E-state index >= 15 is 0 Å². The normalized spacial score (nSPS) is 20.6. The molecule has 1 aromatic heterocycles. The van der Waals surface area contributed by atoms with Crippen LogP contribution in [-0.2, 0) is 4.74 Å². The van der Waals surface area contributed by atoms with Crippen LogP contribution in [0.25, 0.3) is 0 Å². The third-order valence-electron chi connectivity index (χ3n) is 4.52. The van der Waals surface area contributed by atoms with Gasteiger partial charge in [0, 0.05) is 24.4 Å². The smallest absolute Gasteiger partial charge is 0.254 e. The number of methoxy groups -OCH3 is 1. The average molecular weight is 340 g/mol. The topological polar surface area (TPSA) is 51.7 Å². The molecule has 2 heterocycles. The number of ether oxygens (including phenoxy) is 2. The maximum Gasteiger partial charge on any atom is 0.254 e. The summed E-state index contributed by atoms with van der Waals surface area (Å²) in [5.41, 5.74) is 1.68. The summed E-state index contributed by atoms with van der Waals surface area (Å²) in [5, 5.41) is 0. The molecule has 2 atom stereocenters. The predicted octanol–water partition coefficient (Wildman–Crippen LogP) is 3.33. The van der Waals surface area contributed by atoms with Crippen molar-refractivity contribution in [3.63, 3.8) is 0 Å². The van der Waals surface area contributed by atoms with E-state index in [2.05, 4.69) is 18.8 Å². The Kier molecular flexibility index (Phi) is 5.34. The Labute approximate surface area is 148 Å². The summed E-state index contributed by atoms with van der Waals surface area (Å²) < 4.78 is 11.4. The molecule has 1 aliphatic heterocycles. The summed E-state index contributed by atoms with van der Waals surface area (Å²) in [6.45, 7) is 5.37. The predicted molar refractivity (Wildman–Crippen MR) is 95.6 cm³/mol. The van der Waals surface area contributed by atoms with Gasteiger partial charge in [0.2, 0.25) is 5.88 Å². The summed E-state index contributed by atoms with van der Waals surface area (Å²) >= 11 is 0. The molecule has 0 bridgehead atoms. The number of amides is 1. The maximum atomic E-state index is 13.0. The van der Waals surface area contributed by atoms with Crippen LogP contribution in [0.5, 0.6) is 5.88 Å². The van der Waals surface area contributed by atoms with Gasteiger partial charge in [-0.05, 0) is 17.5 Å². The first kappa shape index (κ1) is 17.4. The summed E-state index contributed by atoms with van der Waals surface area (Å²) in [7, 11) is 1.55. The molecule has 5 nitrogen and oxygen atoms in total. The van der Waals surface area contributed by atoms with E-state index < -0.39 is 0 Å². The number of pyridine rings is 1. The molecule has 0 saturated carbocycles. The monoisotopic (exact) mass is 340 g/mol. The van der Waals surface area contributed by atoms with Crippen molar-refractivity contribution < 1.29 is 14.3 Å². The molecule has 0 N–H and O–H groups in total. The lowest BCUT2D eigenvalue weighted by Crippen LogP contribution is -2.48. The van der Waals surface area contributed by atoms with Crippen LogP contribution in [0.2, 0.25) is 0 Å². The minimum Gasteiger partial charge on any atom is -0.481 e. The van der Waals surface area contributed by atoms with Gasteiger partial charge >= 0.3 is 0 Å². The second-order valence-electron chi connectivity index (χ2n) is 6.61. The van der Waals surface area contributed by atoms with E-state index in [1.807, 2.05) is 35.2 Å². The van der Waals surface area contributed by atoms with Gasteiger partial charge in [0.1, 0.15) is 6.10 Å². The van der Waals surface area contributed by atoms with Gasteiger partial charge in [-0.2, -0.15) is 0 Å². The molecule has 1 aromatic carbocycles. The van der Waals surface area contributed by atoms with Crippen LogP contribution in [0, 0.1) is 5.92 Å². The highest BCUT2D eigenvalue weighted by Gasteiger charge is 2.33. The molecule has 1 fully saturated rings. The van der Waals surface area contributed by atoms with Crippen molar-refractivity contribution >= 4 is 5.91 Å². The number of benzene rings is 1. The largest absolute Gasteiger partial charge is 0.481 e. The number of carbonyl (C=O) groups excluding carboxylic acids is 1. The minimum absolute atomic E-state index is 0.00615. The molecule has 2 aromatic rings. The van der Waals surface area contributed by atoms with E-state index in [4.69, 9.17) is 9.47 Å². The quantitative estimate of drug-likeness (QED) is 0.857. The fourth-order valence-corrected chi connectivity index (χ4v) is 3.01. The van der Waals surface area contributed by atoms with Gasteiger partial charge in [-0.1, -0.05) is 44.2 Å². The Bertz CT molecular complexity index is 718. The summed E-state index contributed by atoms with van der Waals surface area (Å²) in [6.07, 6.45) is 1.49. The number of morpholine rings is 1. The Balaban J connectivity index is 1.84. The van der Waals surface area contributed by atoms with Gasteiger partial charge in [0.25, 0.3) is 5.91 Å². The summed E-state index contributed by atoms with van der Waals surface area (Å²) in [4.78, 5) is 18.9. The Hall–Kier alpha value is -2.40. The molecular weight excluding hydrogens is 316 g/mol. The van der Waals surface area contributed by atoms with Crippen molar-refractivity contribution in [3.8, 4) is 5.88 Å². The first-order valence-corrected chi connectivity index (χ1v) is 8.58. The van der Waals surface area contributed by atoms with Gasteiger partial charge < -0.3 is 14.4 Å². The fraction of sp³-hybridized carbons (Fsp3) is 0.400. The van der Waals surface area contributed by atoms with Crippen LogP contribution in [0.4, 0.5) is 0 Å². The standard InChI is InChI=1S/C20H24N2O3/c1-14(2)17-12-22(13-18(25-17)15-7-5-4-6-8-15)20(23)16-9-10-21-19(11-16)24-3/h4-11,14,17-18H,12-13H2,1-3H3/t17-,18+/m1/s1. The van der Waals surface area contributed by atoms with E-state index in [0.717, 1.165) is 5.56 Å².